The maximum absolute atomic E-state index is 11.7. The van der Waals surface area contributed by atoms with Crippen LogP contribution in [0, 0.1) is 0 Å². The van der Waals surface area contributed by atoms with E-state index in [0.29, 0.717) is 18.1 Å². The molecule has 0 radical (unpaired) electrons. The minimum atomic E-state index is -0.524. The molecule has 1 heterocycles. The van der Waals surface area contributed by atoms with Crippen LogP contribution in [0.2, 0.25) is 0 Å². The van der Waals surface area contributed by atoms with E-state index in [1.807, 2.05) is 6.92 Å². The fourth-order valence-corrected chi connectivity index (χ4v) is 3.48. The molecule has 0 aromatic carbocycles. The lowest BCUT2D eigenvalue weighted by molar-refractivity contribution is -0.124. The molecule has 4 nitrogen and oxygen atoms in total. The summed E-state index contributed by atoms with van der Waals surface area (Å²) >= 11 is 0. The van der Waals surface area contributed by atoms with Gasteiger partial charge in [0.25, 0.3) is 0 Å². The van der Waals surface area contributed by atoms with Gasteiger partial charge in [-0.2, -0.15) is 0 Å². The molecule has 2 fully saturated rings. The third kappa shape index (κ3) is 3.95. The molecule has 4 heteroatoms. The first-order chi connectivity index (χ1) is 9.42. The number of nitrogens with two attached hydrogens (primary N) is 1. The van der Waals surface area contributed by atoms with Crippen molar-refractivity contribution >= 4 is 5.91 Å². The van der Waals surface area contributed by atoms with Crippen LogP contribution < -0.4 is 11.1 Å². The molecule has 2 aliphatic rings. The number of nitrogens with one attached hydrogen (secondary N) is 1. The lowest BCUT2D eigenvalue weighted by atomic mass is 9.92. The smallest absolute Gasteiger partial charge is 0.237 e. The van der Waals surface area contributed by atoms with Crippen molar-refractivity contribution in [2.75, 3.05) is 6.54 Å². The lowest BCUT2D eigenvalue weighted by Gasteiger charge is -2.39. The molecule has 0 spiro atoms. The summed E-state index contributed by atoms with van der Waals surface area (Å²) in [5, 5.41) is 3.43. The highest BCUT2D eigenvalue weighted by Crippen LogP contribution is 2.26. The Morgan fingerprint density at radius 3 is 2.35 bits per heavy atom. The summed E-state index contributed by atoms with van der Waals surface area (Å²) in [5.41, 5.74) is 5.08. The topological polar surface area (TPSA) is 58.4 Å². The van der Waals surface area contributed by atoms with Crippen molar-refractivity contribution in [3.05, 3.63) is 0 Å². The summed E-state index contributed by atoms with van der Waals surface area (Å²) < 4.78 is 0. The lowest BCUT2D eigenvalue weighted by Crippen LogP contribution is -2.54. The number of carbonyl (C=O) groups excluding carboxylic acids is 1. The molecule has 116 valence electrons. The van der Waals surface area contributed by atoms with Crippen molar-refractivity contribution in [1.82, 2.24) is 10.2 Å². The molecule has 20 heavy (non-hydrogen) atoms. The van der Waals surface area contributed by atoms with Gasteiger partial charge in [0.1, 0.15) is 0 Å². The van der Waals surface area contributed by atoms with Gasteiger partial charge >= 0.3 is 0 Å². The van der Waals surface area contributed by atoms with E-state index in [-0.39, 0.29) is 5.91 Å². The highest BCUT2D eigenvalue weighted by Gasteiger charge is 2.36. The van der Waals surface area contributed by atoms with Crippen LogP contribution in [0.1, 0.15) is 65.7 Å². The van der Waals surface area contributed by atoms with E-state index in [9.17, 15) is 4.79 Å². The molecule has 1 aliphatic heterocycles. The van der Waals surface area contributed by atoms with Gasteiger partial charge in [0.05, 0.1) is 5.54 Å². The van der Waals surface area contributed by atoms with Gasteiger partial charge in [0.15, 0.2) is 0 Å². The minimum Gasteiger partial charge on any atom is -0.368 e. The molecule has 0 aromatic heterocycles. The second-order valence-electron chi connectivity index (χ2n) is 7.09. The SMILES string of the molecule is CC1CCCC(C)N1CCCC(C)(NC1CC1)C(N)=O. The quantitative estimate of drug-likeness (QED) is 0.750. The number of likely N-dealkylation sites (tertiary alicyclic amines) is 1. The summed E-state index contributed by atoms with van der Waals surface area (Å²) in [5.74, 6) is -0.204. The number of carbonyl (C=O) groups is 1. The molecule has 2 rings (SSSR count). The van der Waals surface area contributed by atoms with E-state index in [1.54, 1.807) is 0 Å². The Kier molecular flexibility index (Phi) is 5.08. The number of hydrogen-bond acceptors (Lipinski definition) is 3. The van der Waals surface area contributed by atoms with Gasteiger partial charge in [-0.3, -0.25) is 9.69 Å². The molecule has 1 saturated heterocycles. The number of primary amides is 1. The van der Waals surface area contributed by atoms with E-state index < -0.39 is 5.54 Å². The molecular weight excluding hydrogens is 250 g/mol. The second kappa shape index (κ2) is 6.44. The first-order valence-electron chi connectivity index (χ1n) is 8.26. The monoisotopic (exact) mass is 281 g/mol. The van der Waals surface area contributed by atoms with Crippen LogP contribution in [0.5, 0.6) is 0 Å². The summed E-state index contributed by atoms with van der Waals surface area (Å²) in [7, 11) is 0. The average Bonchev–Trinajstić information content (AvgIpc) is 3.16. The number of rotatable bonds is 7. The van der Waals surface area contributed by atoms with Crippen LogP contribution >= 0.6 is 0 Å². The summed E-state index contributed by atoms with van der Waals surface area (Å²) in [6, 6.07) is 1.87. The predicted octanol–water partition coefficient (Wildman–Crippen LogP) is 2.03. The van der Waals surface area contributed by atoms with E-state index in [0.717, 1.165) is 19.4 Å². The minimum absolute atomic E-state index is 0.204. The molecule has 1 aliphatic carbocycles. The number of amides is 1. The fourth-order valence-electron chi connectivity index (χ4n) is 3.48. The van der Waals surface area contributed by atoms with Gasteiger partial charge in [0, 0.05) is 18.1 Å². The highest BCUT2D eigenvalue weighted by atomic mass is 16.1. The largest absolute Gasteiger partial charge is 0.368 e. The summed E-state index contributed by atoms with van der Waals surface area (Å²) in [6.07, 6.45) is 8.20. The Morgan fingerprint density at radius 1 is 1.25 bits per heavy atom. The first-order valence-corrected chi connectivity index (χ1v) is 8.26. The van der Waals surface area contributed by atoms with Crippen molar-refractivity contribution in [3.8, 4) is 0 Å². The van der Waals surface area contributed by atoms with Gasteiger partial charge < -0.3 is 11.1 Å². The number of nitrogens with zero attached hydrogens (tertiary/aromatic N) is 1. The summed E-state index contributed by atoms with van der Waals surface area (Å²) in [6.45, 7) is 7.70. The van der Waals surface area contributed by atoms with Gasteiger partial charge in [0.2, 0.25) is 5.91 Å². The standard InChI is InChI=1S/C16H31N3O/c1-12-6-4-7-13(2)19(12)11-5-10-16(3,15(17)20)18-14-8-9-14/h12-14,18H,4-11H2,1-3H3,(H2,17,20). The Morgan fingerprint density at radius 2 is 1.85 bits per heavy atom. The van der Waals surface area contributed by atoms with Crippen molar-refractivity contribution < 1.29 is 4.79 Å². The third-order valence-electron chi connectivity index (χ3n) is 5.11. The Bertz CT molecular complexity index is 333. The molecule has 3 N–H and O–H groups in total. The van der Waals surface area contributed by atoms with Crippen LogP contribution in [-0.2, 0) is 4.79 Å². The summed E-state index contributed by atoms with van der Waals surface area (Å²) in [4.78, 5) is 14.3. The van der Waals surface area contributed by atoms with Crippen LogP contribution in [-0.4, -0.2) is 41.0 Å². The van der Waals surface area contributed by atoms with Crippen molar-refractivity contribution in [2.45, 2.75) is 89.4 Å². The maximum Gasteiger partial charge on any atom is 0.237 e. The van der Waals surface area contributed by atoms with Crippen molar-refractivity contribution in [1.29, 1.82) is 0 Å². The molecule has 0 aromatic rings. The normalized spacial score (nSPS) is 30.9. The third-order valence-corrected chi connectivity index (χ3v) is 5.11. The maximum atomic E-state index is 11.7. The Hall–Kier alpha value is -0.610. The predicted molar refractivity (Wildman–Crippen MR) is 82.5 cm³/mol. The van der Waals surface area contributed by atoms with Crippen LogP contribution in [0.4, 0.5) is 0 Å². The van der Waals surface area contributed by atoms with E-state index in [4.69, 9.17) is 5.73 Å². The first kappa shape index (κ1) is 15.8. The van der Waals surface area contributed by atoms with E-state index in [2.05, 4.69) is 24.1 Å². The van der Waals surface area contributed by atoms with Crippen molar-refractivity contribution in [2.24, 2.45) is 5.73 Å². The Balaban J connectivity index is 1.81. The van der Waals surface area contributed by atoms with Gasteiger partial charge in [-0.15, -0.1) is 0 Å². The highest BCUT2D eigenvalue weighted by molar-refractivity contribution is 5.84. The molecule has 1 saturated carbocycles. The van der Waals surface area contributed by atoms with Gasteiger partial charge in [-0.25, -0.2) is 0 Å². The molecular formula is C16H31N3O. The van der Waals surface area contributed by atoms with Crippen molar-refractivity contribution in [3.63, 3.8) is 0 Å². The number of hydrogen-bond donors (Lipinski definition) is 2. The zero-order valence-corrected chi connectivity index (χ0v) is 13.3. The van der Waals surface area contributed by atoms with Gasteiger partial charge in [-0.1, -0.05) is 6.42 Å². The molecule has 1 amide bonds. The zero-order chi connectivity index (χ0) is 14.8. The Labute approximate surface area is 123 Å². The zero-order valence-electron chi connectivity index (χ0n) is 13.3. The average molecular weight is 281 g/mol. The fraction of sp³-hybridized carbons (Fsp3) is 0.938. The van der Waals surface area contributed by atoms with Crippen LogP contribution in [0.25, 0.3) is 0 Å². The molecule has 3 atom stereocenters. The van der Waals surface area contributed by atoms with Crippen LogP contribution in [0.3, 0.4) is 0 Å². The molecule has 0 bridgehead atoms. The van der Waals surface area contributed by atoms with Gasteiger partial charge in [-0.05, 0) is 65.8 Å². The number of piperidine rings is 1. The molecule has 3 unspecified atom stereocenters. The van der Waals surface area contributed by atoms with E-state index in [1.165, 1.54) is 32.1 Å². The second-order valence-corrected chi connectivity index (χ2v) is 7.09. The van der Waals surface area contributed by atoms with Crippen LogP contribution in [0.15, 0.2) is 0 Å². The van der Waals surface area contributed by atoms with E-state index >= 15 is 0 Å².